The number of allylic oxidation sites excluding steroid dienone is 2. The smallest absolute Gasteiger partial charge is 0.264 e. The van der Waals surface area contributed by atoms with Gasteiger partial charge >= 0.3 is 0 Å². The Hall–Kier alpha value is -5.16. The molecule has 2 aromatic carbocycles. The van der Waals surface area contributed by atoms with Gasteiger partial charge in [-0.25, -0.2) is 14.4 Å². The Morgan fingerprint density at radius 3 is 2.57 bits per heavy atom. The van der Waals surface area contributed by atoms with E-state index in [4.69, 9.17) is 20.6 Å². The number of hydrogen-bond acceptors (Lipinski definition) is 11. The lowest BCUT2D eigenvalue weighted by molar-refractivity contribution is -0.127. The molecule has 4 N–H and O–H groups in total. The maximum absolute atomic E-state index is 15.4. The fourth-order valence-electron chi connectivity index (χ4n) is 6.66. The summed E-state index contributed by atoms with van der Waals surface area (Å²) in [5, 5.41) is 22.1. The summed E-state index contributed by atoms with van der Waals surface area (Å²) >= 11 is 0. The number of benzene rings is 2. The third-order valence-electron chi connectivity index (χ3n) is 9.75. The van der Waals surface area contributed by atoms with Gasteiger partial charge < -0.3 is 25.4 Å². The molecule has 1 aromatic heterocycles. The van der Waals surface area contributed by atoms with Crippen LogP contribution >= 0.6 is 0 Å². The zero-order chi connectivity index (χ0) is 36.0. The minimum atomic E-state index is -0.660. The van der Waals surface area contributed by atoms with Crippen LogP contribution in [0.3, 0.4) is 0 Å². The number of nitrogens with two attached hydrogens (primary N) is 1. The van der Waals surface area contributed by atoms with Crippen LogP contribution in [0, 0.1) is 22.6 Å². The van der Waals surface area contributed by atoms with Crippen LogP contribution in [-0.2, 0) is 9.53 Å². The highest BCUT2D eigenvalue weighted by Crippen LogP contribution is 2.29. The van der Waals surface area contributed by atoms with Gasteiger partial charge in [0.1, 0.15) is 46.9 Å². The number of halogens is 1. The second-order valence-electron chi connectivity index (χ2n) is 13.6. The quantitative estimate of drug-likeness (QED) is 0.112. The molecule has 3 saturated heterocycles. The third kappa shape index (κ3) is 8.42. The molecule has 3 aliphatic heterocycles. The van der Waals surface area contributed by atoms with E-state index in [0.29, 0.717) is 37.7 Å². The second kappa shape index (κ2) is 15.8. The number of hydrogen-bond donors (Lipinski definition) is 3. The number of aromatic nitrogens is 2. The number of nitriles is 1. The molecule has 6 rings (SSSR count). The average Bonchev–Trinajstić information content (AvgIpc) is 3.10. The molecule has 0 bridgehead atoms. The Kier molecular flexibility index (Phi) is 11.1. The fourth-order valence-corrected chi connectivity index (χ4v) is 6.66. The highest BCUT2D eigenvalue weighted by molar-refractivity contribution is 6.16. The molecule has 4 heterocycles. The largest absolute Gasteiger partial charge is 0.457 e. The number of piperazine rings is 1. The maximum atomic E-state index is 15.4. The summed E-state index contributed by atoms with van der Waals surface area (Å²) in [5.74, 6) is 0.120. The summed E-state index contributed by atoms with van der Waals surface area (Å²) in [7, 11) is 0. The standard InChI is InChI=1S/C38H44FN9O3/c1-38(2,48-18-16-46(17-19-48)28-23-50-24-28)14-6-8-26(21-40)37(49)47-15-7-9-27(22-47)45-36-33(35(42)43-25-44-36)34(41)31-13-12-30(20-32(31)39)51-29-10-4-3-5-11-29/h3-6,8,10-14,20,25,27-28,41H,7,9,15-19,22-24H2,1-2H3,(H3,42,43,44,45)/b14-6+,26-8+,41-34?. The van der Waals surface area contributed by atoms with Crippen LogP contribution in [-0.4, -0.2) is 106 Å². The maximum Gasteiger partial charge on any atom is 0.264 e. The summed E-state index contributed by atoms with van der Waals surface area (Å²) in [5.41, 5.74) is 6.01. The molecule has 1 atom stereocenters. The number of nitrogens with one attached hydrogen (secondary N) is 2. The molecule has 0 spiro atoms. The van der Waals surface area contributed by atoms with Gasteiger partial charge in [0.05, 0.1) is 30.5 Å². The number of nitrogen functional groups attached to an aromatic ring is 1. The van der Waals surface area contributed by atoms with Crippen molar-refractivity contribution < 1.29 is 18.7 Å². The summed E-state index contributed by atoms with van der Waals surface area (Å²) in [6, 6.07) is 15.7. The summed E-state index contributed by atoms with van der Waals surface area (Å²) in [4.78, 5) is 28.5. The van der Waals surface area contributed by atoms with Crippen LogP contribution in [0.5, 0.6) is 11.5 Å². The van der Waals surface area contributed by atoms with Crippen molar-refractivity contribution in [2.75, 3.05) is 63.5 Å². The number of ether oxygens (including phenoxy) is 2. The molecule has 3 aliphatic rings. The van der Waals surface area contributed by atoms with E-state index in [1.807, 2.05) is 30.4 Å². The number of para-hydroxylation sites is 1. The van der Waals surface area contributed by atoms with Crippen LogP contribution in [0.2, 0.25) is 0 Å². The first-order valence-electron chi connectivity index (χ1n) is 17.3. The predicted molar refractivity (Wildman–Crippen MR) is 193 cm³/mol. The Balaban J connectivity index is 1.09. The third-order valence-corrected chi connectivity index (χ3v) is 9.75. The first-order chi connectivity index (χ1) is 24.6. The fraction of sp³-hybridized carbons (Fsp3) is 0.395. The highest BCUT2D eigenvalue weighted by Gasteiger charge is 2.33. The Morgan fingerprint density at radius 1 is 1.12 bits per heavy atom. The van der Waals surface area contributed by atoms with Crippen LogP contribution in [0.15, 0.2) is 78.7 Å². The number of anilines is 2. The van der Waals surface area contributed by atoms with Gasteiger partial charge in [0.15, 0.2) is 0 Å². The SMILES string of the molecule is CC(C)(/C=C/C=C(\C#N)C(=O)N1CCCC(Nc2ncnc(N)c2C(=N)c2ccc(Oc3ccccc3)cc2F)C1)N1CCN(C2COC2)CC1. The van der Waals surface area contributed by atoms with Crippen LogP contribution in [0.4, 0.5) is 16.0 Å². The Morgan fingerprint density at radius 2 is 1.88 bits per heavy atom. The number of carbonyl (C=O) groups is 1. The molecule has 0 aliphatic carbocycles. The van der Waals surface area contributed by atoms with Gasteiger partial charge in [-0.3, -0.25) is 20.0 Å². The van der Waals surface area contributed by atoms with Gasteiger partial charge in [0, 0.05) is 62.5 Å². The summed E-state index contributed by atoms with van der Waals surface area (Å²) in [6.07, 6.45) is 8.13. The number of amides is 1. The Bertz CT molecular complexity index is 1830. The van der Waals surface area contributed by atoms with E-state index in [-0.39, 0.29) is 57.3 Å². The molecule has 3 fully saturated rings. The lowest BCUT2D eigenvalue weighted by Gasteiger charge is -2.46. The van der Waals surface area contributed by atoms with Gasteiger partial charge in [-0.2, -0.15) is 5.26 Å². The van der Waals surface area contributed by atoms with Gasteiger partial charge in [0.25, 0.3) is 5.91 Å². The Labute approximate surface area is 297 Å². The molecule has 1 amide bonds. The van der Waals surface area contributed by atoms with Crippen molar-refractivity contribution >= 4 is 23.3 Å². The van der Waals surface area contributed by atoms with Gasteiger partial charge in [-0.15, -0.1) is 0 Å². The normalized spacial score (nSPS) is 19.4. The molecule has 3 aromatic rings. The van der Waals surface area contributed by atoms with E-state index < -0.39 is 5.82 Å². The van der Waals surface area contributed by atoms with E-state index >= 15 is 4.39 Å². The van der Waals surface area contributed by atoms with Crippen molar-refractivity contribution in [1.29, 1.82) is 10.7 Å². The van der Waals surface area contributed by atoms with Gasteiger partial charge in [-0.05, 0) is 57.0 Å². The van der Waals surface area contributed by atoms with Crippen molar-refractivity contribution in [3.8, 4) is 17.6 Å². The van der Waals surface area contributed by atoms with Crippen molar-refractivity contribution in [2.45, 2.75) is 44.3 Å². The molecule has 0 radical (unpaired) electrons. The average molecular weight is 694 g/mol. The van der Waals surface area contributed by atoms with Crippen LogP contribution < -0.4 is 15.8 Å². The van der Waals surface area contributed by atoms with Crippen molar-refractivity contribution in [1.82, 2.24) is 24.7 Å². The first-order valence-corrected chi connectivity index (χ1v) is 17.3. The minimum Gasteiger partial charge on any atom is -0.457 e. The highest BCUT2D eigenvalue weighted by atomic mass is 19.1. The topological polar surface area (TPSA) is 157 Å². The van der Waals surface area contributed by atoms with E-state index in [1.54, 1.807) is 29.2 Å². The predicted octanol–water partition coefficient (Wildman–Crippen LogP) is 4.61. The molecule has 266 valence electrons. The minimum absolute atomic E-state index is 0.00599. The lowest BCUT2D eigenvalue weighted by Crippen LogP contribution is -2.59. The van der Waals surface area contributed by atoms with Crippen LogP contribution in [0.25, 0.3) is 0 Å². The molecule has 1 unspecified atom stereocenters. The number of rotatable bonds is 11. The molecule has 12 nitrogen and oxygen atoms in total. The number of likely N-dealkylation sites (tertiary alicyclic amines) is 1. The number of carbonyl (C=O) groups excluding carboxylic acids is 1. The lowest BCUT2D eigenvalue weighted by atomic mass is 9.99. The molecule has 0 saturated carbocycles. The van der Waals surface area contributed by atoms with Crippen molar-refractivity contribution in [3.05, 3.63) is 95.6 Å². The van der Waals surface area contributed by atoms with Gasteiger partial charge in [0.2, 0.25) is 0 Å². The van der Waals surface area contributed by atoms with E-state index in [0.717, 1.165) is 39.4 Å². The zero-order valence-corrected chi connectivity index (χ0v) is 29.0. The number of piperidine rings is 1. The van der Waals surface area contributed by atoms with Crippen LogP contribution in [0.1, 0.15) is 37.8 Å². The zero-order valence-electron chi connectivity index (χ0n) is 29.0. The van der Waals surface area contributed by atoms with Gasteiger partial charge in [-0.1, -0.05) is 30.4 Å². The van der Waals surface area contributed by atoms with E-state index in [2.05, 4.69) is 45.0 Å². The summed E-state index contributed by atoms with van der Waals surface area (Å²) in [6.45, 7) is 10.6. The number of nitrogens with zero attached hydrogens (tertiary/aromatic N) is 6. The van der Waals surface area contributed by atoms with E-state index in [1.165, 1.54) is 18.5 Å². The molecule has 51 heavy (non-hydrogen) atoms. The van der Waals surface area contributed by atoms with Crippen molar-refractivity contribution in [2.24, 2.45) is 0 Å². The monoisotopic (exact) mass is 693 g/mol. The first kappa shape index (κ1) is 35.7. The molecular formula is C38H44FN9O3. The molecule has 13 heteroatoms. The van der Waals surface area contributed by atoms with E-state index in [9.17, 15) is 10.1 Å². The summed E-state index contributed by atoms with van der Waals surface area (Å²) < 4.78 is 26.4. The molecular weight excluding hydrogens is 649 g/mol. The second-order valence-corrected chi connectivity index (χ2v) is 13.6. The van der Waals surface area contributed by atoms with Crippen molar-refractivity contribution in [3.63, 3.8) is 0 Å².